The highest BCUT2D eigenvalue weighted by Gasteiger charge is 2.21. The fraction of sp³-hybridized carbons (Fsp3) is 0.368. The molecule has 2 aromatic rings. The third kappa shape index (κ3) is 2.84. The predicted molar refractivity (Wildman–Crippen MR) is 95.6 cm³/mol. The Labute approximate surface area is 145 Å². The number of amides is 2. The molecule has 1 aliphatic heterocycles. The molecule has 4 rings (SSSR count). The molecule has 0 saturated heterocycles. The minimum atomic E-state index is -0.0855. The summed E-state index contributed by atoms with van der Waals surface area (Å²) in [6.07, 6.45) is 5.08. The van der Waals surface area contributed by atoms with Gasteiger partial charge in [0.25, 0.3) is 5.91 Å². The summed E-state index contributed by atoms with van der Waals surface area (Å²) < 4.78 is 0. The van der Waals surface area contributed by atoms with Crippen molar-refractivity contribution in [3.63, 3.8) is 0 Å². The third-order valence-corrected chi connectivity index (χ3v) is 6.06. The van der Waals surface area contributed by atoms with E-state index in [2.05, 4.69) is 16.7 Å². The number of carbonyl (C=O) groups is 2. The SMILES string of the molecule is CC(NC(=O)c1cc2c(s1)CCCC2)c1ccc2c(c1)CC(=O)N2. The van der Waals surface area contributed by atoms with Crippen molar-refractivity contribution in [2.75, 3.05) is 5.32 Å². The first kappa shape index (κ1) is 15.4. The molecule has 1 aromatic carbocycles. The average molecular weight is 340 g/mol. The number of hydrogen-bond donors (Lipinski definition) is 2. The number of carbonyl (C=O) groups excluding carboxylic acids is 2. The van der Waals surface area contributed by atoms with Crippen molar-refractivity contribution in [1.29, 1.82) is 0 Å². The number of nitrogens with one attached hydrogen (secondary N) is 2. The predicted octanol–water partition coefficient (Wildman–Crippen LogP) is 3.61. The topological polar surface area (TPSA) is 58.2 Å². The molecule has 124 valence electrons. The molecule has 2 amide bonds. The van der Waals surface area contributed by atoms with Crippen LogP contribution in [0.3, 0.4) is 0 Å². The molecule has 5 heteroatoms. The van der Waals surface area contributed by atoms with Crippen LogP contribution in [0.15, 0.2) is 24.3 Å². The molecule has 24 heavy (non-hydrogen) atoms. The summed E-state index contributed by atoms with van der Waals surface area (Å²) in [5.41, 5.74) is 4.27. The van der Waals surface area contributed by atoms with E-state index in [0.717, 1.165) is 34.5 Å². The lowest BCUT2D eigenvalue weighted by molar-refractivity contribution is -0.115. The number of hydrogen-bond acceptors (Lipinski definition) is 3. The Morgan fingerprint density at radius 2 is 2.04 bits per heavy atom. The molecule has 4 nitrogen and oxygen atoms in total. The van der Waals surface area contributed by atoms with Crippen LogP contribution in [-0.2, 0) is 24.1 Å². The summed E-state index contributed by atoms with van der Waals surface area (Å²) >= 11 is 1.63. The maximum atomic E-state index is 12.6. The van der Waals surface area contributed by atoms with Crippen LogP contribution in [0.4, 0.5) is 5.69 Å². The summed E-state index contributed by atoms with van der Waals surface area (Å²) in [6.45, 7) is 1.98. The Morgan fingerprint density at radius 1 is 1.21 bits per heavy atom. The summed E-state index contributed by atoms with van der Waals surface area (Å²) in [4.78, 5) is 26.2. The van der Waals surface area contributed by atoms with Gasteiger partial charge >= 0.3 is 0 Å². The molecule has 2 heterocycles. The molecule has 1 aromatic heterocycles. The van der Waals surface area contributed by atoms with E-state index in [1.54, 1.807) is 11.3 Å². The van der Waals surface area contributed by atoms with Crippen LogP contribution in [0.2, 0.25) is 0 Å². The number of anilines is 1. The highest BCUT2D eigenvalue weighted by molar-refractivity contribution is 7.14. The number of fused-ring (bicyclic) bond motifs is 2. The Bertz CT molecular complexity index is 801. The van der Waals surface area contributed by atoms with Gasteiger partial charge in [0.1, 0.15) is 0 Å². The van der Waals surface area contributed by atoms with Crippen LogP contribution < -0.4 is 10.6 Å². The summed E-state index contributed by atoms with van der Waals surface area (Å²) in [6, 6.07) is 7.87. The standard InChI is InChI=1S/C19H20N2O2S/c1-11(12-6-7-15-14(8-12)10-18(22)21-15)20-19(23)17-9-13-4-2-3-5-16(13)24-17/h6-9,11H,2-5,10H2,1H3,(H,20,23)(H,21,22). The van der Waals surface area contributed by atoms with Gasteiger partial charge < -0.3 is 10.6 Å². The smallest absolute Gasteiger partial charge is 0.261 e. The number of thiophene rings is 1. The van der Waals surface area contributed by atoms with E-state index in [1.165, 1.54) is 23.3 Å². The third-order valence-electron chi connectivity index (χ3n) is 4.82. The fourth-order valence-corrected chi connectivity index (χ4v) is 4.63. The Kier molecular flexibility index (Phi) is 3.88. The van der Waals surface area contributed by atoms with Crippen molar-refractivity contribution >= 4 is 28.8 Å². The van der Waals surface area contributed by atoms with Gasteiger partial charge in [0.2, 0.25) is 5.91 Å². The fourth-order valence-electron chi connectivity index (χ4n) is 3.47. The van der Waals surface area contributed by atoms with Crippen LogP contribution >= 0.6 is 11.3 Å². The first-order valence-corrected chi connectivity index (χ1v) is 9.27. The van der Waals surface area contributed by atoms with Crippen LogP contribution in [0.1, 0.15) is 57.0 Å². The van der Waals surface area contributed by atoms with E-state index in [9.17, 15) is 9.59 Å². The second kappa shape index (κ2) is 6.06. The van der Waals surface area contributed by atoms with E-state index in [0.29, 0.717) is 6.42 Å². The van der Waals surface area contributed by atoms with E-state index >= 15 is 0 Å². The van der Waals surface area contributed by atoms with Gasteiger partial charge in [0.05, 0.1) is 17.3 Å². The molecular formula is C19H20N2O2S. The minimum absolute atomic E-state index is 0.00315. The lowest BCUT2D eigenvalue weighted by Crippen LogP contribution is -2.25. The van der Waals surface area contributed by atoms with Gasteiger partial charge in [0.15, 0.2) is 0 Å². The summed E-state index contributed by atoms with van der Waals surface area (Å²) in [7, 11) is 0. The zero-order valence-corrected chi connectivity index (χ0v) is 14.5. The first-order valence-electron chi connectivity index (χ1n) is 8.45. The molecule has 0 spiro atoms. The molecule has 0 bridgehead atoms. The van der Waals surface area contributed by atoms with Gasteiger partial charge in [-0.1, -0.05) is 12.1 Å². The normalized spacial score (nSPS) is 17.0. The lowest BCUT2D eigenvalue weighted by atomic mass is 9.99. The first-order chi connectivity index (χ1) is 11.6. The van der Waals surface area contributed by atoms with Crippen LogP contribution in [0, 0.1) is 0 Å². The quantitative estimate of drug-likeness (QED) is 0.897. The molecule has 0 fully saturated rings. The minimum Gasteiger partial charge on any atom is -0.345 e. The highest BCUT2D eigenvalue weighted by atomic mass is 32.1. The number of benzene rings is 1. The van der Waals surface area contributed by atoms with Crippen molar-refractivity contribution in [2.24, 2.45) is 0 Å². The molecule has 2 N–H and O–H groups in total. The maximum absolute atomic E-state index is 12.6. The summed E-state index contributed by atoms with van der Waals surface area (Å²) in [5, 5.41) is 5.92. The largest absolute Gasteiger partial charge is 0.345 e. The lowest BCUT2D eigenvalue weighted by Gasteiger charge is -2.14. The van der Waals surface area contributed by atoms with Crippen molar-refractivity contribution in [2.45, 2.75) is 45.1 Å². The average Bonchev–Trinajstić information content (AvgIpc) is 3.15. The van der Waals surface area contributed by atoms with Gasteiger partial charge in [-0.05, 0) is 61.4 Å². The molecule has 1 aliphatic carbocycles. The zero-order valence-electron chi connectivity index (χ0n) is 13.6. The Hall–Kier alpha value is -2.14. The molecular weight excluding hydrogens is 320 g/mol. The van der Waals surface area contributed by atoms with E-state index in [1.807, 2.05) is 25.1 Å². The second-order valence-corrected chi connectivity index (χ2v) is 7.74. The van der Waals surface area contributed by atoms with Gasteiger partial charge in [-0.2, -0.15) is 0 Å². The van der Waals surface area contributed by atoms with Crippen molar-refractivity contribution in [1.82, 2.24) is 5.32 Å². The van der Waals surface area contributed by atoms with Crippen LogP contribution in [-0.4, -0.2) is 11.8 Å². The van der Waals surface area contributed by atoms with E-state index in [-0.39, 0.29) is 17.9 Å². The van der Waals surface area contributed by atoms with Gasteiger partial charge in [-0.15, -0.1) is 11.3 Å². The van der Waals surface area contributed by atoms with Crippen molar-refractivity contribution < 1.29 is 9.59 Å². The van der Waals surface area contributed by atoms with E-state index < -0.39 is 0 Å². The number of aryl methyl sites for hydroxylation is 2. The van der Waals surface area contributed by atoms with Gasteiger partial charge in [0, 0.05) is 10.6 Å². The van der Waals surface area contributed by atoms with Gasteiger partial charge in [-0.25, -0.2) is 0 Å². The molecule has 1 unspecified atom stereocenters. The number of rotatable bonds is 3. The van der Waals surface area contributed by atoms with Crippen molar-refractivity contribution in [3.8, 4) is 0 Å². The van der Waals surface area contributed by atoms with Crippen molar-refractivity contribution in [3.05, 3.63) is 50.7 Å². The maximum Gasteiger partial charge on any atom is 0.261 e. The molecule has 2 aliphatic rings. The van der Waals surface area contributed by atoms with E-state index in [4.69, 9.17) is 0 Å². The monoisotopic (exact) mass is 340 g/mol. The second-order valence-electron chi connectivity index (χ2n) is 6.60. The molecule has 1 atom stereocenters. The Balaban J connectivity index is 1.48. The summed E-state index contributed by atoms with van der Waals surface area (Å²) in [5.74, 6) is 0.0274. The zero-order chi connectivity index (χ0) is 16.7. The highest BCUT2D eigenvalue weighted by Crippen LogP contribution is 2.30. The van der Waals surface area contributed by atoms with Crippen LogP contribution in [0.25, 0.3) is 0 Å². The molecule has 0 saturated carbocycles. The Morgan fingerprint density at radius 3 is 2.88 bits per heavy atom. The van der Waals surface area contributed by atoms with Crippen LogP contribution in [0.5, 0.6) is 0 Å². The molecule has 0 radical (unpaired) electrons. The van der Waals surface area contributed by atoms with Gasteiger partial charge in [-0.3, -0.25) is 9.59 Å².